The fraction of sp³-hybridized carbons (Fsp3) is 0.917. The Morgan fingerprint density at radius 3 is 2.31 bits per heavy atom. The summed E-state index contributed by atoms with van der Waals surface area (Å²) in [5.41, 5.74) is 5.72. The minimum Gasteiger partial charge on any atom is -0.369 e. The lowest BCUT2D eigenvalue weighted by Gasteiger charge is -2.53. The number of primary amides is 1. The van der Waals surface area contributed by atoms with E-state index in [1.807, 2.05) is 0 Å². The van der Waals surface area contributed by atoms with Crippen LogP contribution in [0.15, 0.2) is 0 Å². The second kappa shape index (κ2) is 5.37. The Morgan fingerprint density at radius 1 is 1.31 bits per heavy atom. The van der Waals surface area contributed by atoms with Gasteiger partial charge in [0.15, 0.2) is 0 Å². The summed E-state index contributed by atoms with van der Waals surface area (Å²) in [7, 11) is 0. The van der Waals surface area contributed by atoms with Crippen molar-refractivity contribution in [2.45, 2.75) is 51.0 Å². The predicted octanol–water partition coefficient (Wildman–Crippen LogP) is 1.94. The van der Waals surface area contributed by atoms with Crippen molar-refractivity contribution in [3.63, 3.8) is 0 Å². The molecule has 1 amide bonds. The van der Waals surface area contributed by atoms with Crippen molar-refractivity contribution in [2.75, 3.05) is 13.1 Å². The summed E-state index contributed by atoms with van der Waals surface area (Å²) >= 11 is 0. The molecule has 1 saturated carbocycles. The van der Waals surface area contributed by atoms with Gasteiger partial charge >= 0.3 is 0 Å². The third-order valence-electron chi connectivity index (χ3n) is 4.40. The van der Waals surface area contributed by atoms with Crippen LogP contribution in [-0.4, -0.2) is 29.4 Å². The van der Waals surface area contributed by atoms with Gasteiger partial charge in [-0.3, -0.25) is 9.69 Å². The SMILES string of the molecule is CCC1(N2CC(C(N)=O)C2)CCCCC1.Cl. The number of rotatable bonds is 3. The van der Waals surface area contributed by atoms with Crippen molar-refractivity contribution in [3.8, 4) is 0 Å². The average molecular weight is 247 g/mol. The van der Waals surface area contributed by atoms with Gasteiger partial charge in [-0.05, 0) is 19.3 Å². The van der Waals surface area contributed by atoms with Gasteiger partial charge in [-0.1, -0.05) is 26.2 Å². The van der Waals surface area contributed by atoms with E-state index in [1.165, 1.54) is 38.5 Å². The molecule has 4 heteroatoms. The van der Waals surface area contributed by atoms with Crippen LogP contribution in [-0.2, 0) is 4.79 Å². The van der Waals surface area contributed by atoms with Crippen LogP contribution < -0.4 is 5.73 Å². The summed E-state index contributed by atoms with van der Waals surface area (Å²) in [5, 5.41) is 0. The quantitative estimate of drug-likeness (QED) is 0.827. The molecule has 3 nitrogen and oxygen atoms in total. The molecule has 0 unspecified atom stereocenters. The highest BCUT2D eigenvalue weighted by Crippen LogP contribution is 2.40. The van der Waals surface area contributed by atoms with Gasteiger partial charge in [-0.25, -0.2) is 0 Å². The highest BCUT2D eigenvalue weighted by atomic mass is 35.5. The topological polar surface area (TPSA) is 46.3 Å². The predicted molar refractivity (Wildman–Crippen MR) is 67.6 cm³/mol. The van der Waals surface area contributed by atoms with E-state index >= 15 is 0 Å². The number of likely N-dealkylation sites (tertiary alicyclic amines) is 1. The normalized spacial score (nSPS) is 25.6. The molecule has 2 fully saturated rings. The van der Waals surface area contributed by atoms with Gasteiger partial charge in [0, 0.05) is 18.6 Å². The minimum absolute atomic E-state index is 0. The van der Waals surface area contributed by atoms with E-state index in [1.54, 1.807) is 0 Å². The highest BCUT2D eigenvalue weighted by molar-refractivity contribution is 5.85. The number of carbonyl (C=O) groups excluding carboxylic acids is 1. The molecule has 0 atom stereocenters. The molecule has 1 aliphatic carbocycles. The van der Waals surface area contributed by atoms with E-state index in [0.717, 1.165) is 13.1 Å². The van der Waals surface area contributed by atoms with Crippen LogP contribution in [0.4, 0.5) is 0 Å². The van der Waals surface area contributed by atoms with Crippen LogP contribution in [0.5, 0.6) is 0 Å². The van der Waals surface area contributed by atoms with E-state index in [-0.39, 0.29) is 24.2 Å². The zero-order valence-electron chi connectivity index (χ0n) is 10.1. The number of halogens is 1. The van der Waals surface area contributed by atoms with Crippen LogP contribution in [0, 0.1) is 5.92 Å². The molecule has 1 aliphatic heterocycles. The van der Waals surface area contributed by atoms with E-state index < -0.39 is 0 Å². The van der Waals surface area contributed by atoms with Gasteiger partial charge in [-0.15, -0.1) is 12.4 Å². The van der Waals surface area contributed by atoms with Crippen LogP contribution in [0.2, 0.25) is 0 Å². The van der Waals surface area contributed by atoms with Crippen LogP contribution >= 0.6 is 12.4 Å². The molecule has 2 rings (SSSR count). The van der Waals surface area contributed by atoms with Crippen molar-refractivity contribution < 1.29 is 4.79 Å². The van der Waals surface area contributed by atoms with E-state index in [9.17, 15) is 4.79 Å². The van der Waals surface area contributed by atoms with Gasteiger partial charge in [-0.2, -0.15) is 0 Å². The molecule has 0 aromatic carbocycles. The number of nitrogens with zero attached hydrogens (tertiary/aromatic N) is 1. The zero-order valence-corrected chi connectivity index (χ0v) is 10.9. The first kappa shape index (κ1) is 13.8. The Hall–Kier alpha value is -0.280. The Balaban J connectivity index is 0.00000128. The molecule has 0 bridgehead atoms. The molecule has 0 spiro atoms. The van der Waals surface area contributed by atoms with Gasteiger partial charge in [0.25, 0.3) is 0 Å². The summed E-state index contributed by atoms with van der Waals surface area (Å²) in [6.45, 7) is 4.09. The molecule has 94 valence electrons. The monoisotopic (exact) mass is 246 g/mol. The second-order valence-electron chi connectivity index (χ2n) is 5.14. The summed E-state index contributed by atoms with van der Waals surface area (Å²) in [4.78, 5) is 13.5. The minimum atomic E-state index is -0.117. The number of hydrogen-bond donors (Lipinski definition) is 1. The summed E-state index contributed by atoms with van der Waals surface area (Å²) in [5.74, 6) is 0.00339. The Bertz CT molecular complexity index is 245. The Morgan fingerprint density at radius 2 is 1.88 bits per heavy atom. The van der Waals surface area contributed by atoms with Crippen molar-refractivity contribution in [1.82, 2.24) is 4.90 Å². The highest BCUT2D eigenvalue weighted by Gasteiger charge is 2.44. The van der Waals surface area contributed by atoms with Crippen LogP contribution in [0.1, 0.15) is 45.4 Å². The molecule has 0 radical (unpaired) electrons. The lowest BCUT2D eigenvalue weighted by atomic mass is 9.75. The third kappa shape index (κ3) is 2.35. The lowest BCUT2D eigenvalue weighted by molar-refractivity contribution is -0.132. The number of amides is 1. The van der Waals surface area contributed by atoms with Crippen LogP contribution in [0.3, 0.4) is 0 Å². The first-order chi connectivity index (χ1) is 7.18. The average Bonchev–Trinajstić information content (AvgIpc) is 2.16. The van der Waals surface area contributed by atoms with Gasteiger partial charge < -0.3 is 5.73 Å². The van der Waals surface area contributed by atoms with Gasteiger partial charge in [0.2, 0.25) is 5.91 Å². The van der Waals surface area contributed by atoms with E-state index in [2.05, 4.69) is 11.8 Å². The number of hydrogen-bond acceptors (Lipinski definition) is 2. The van der Waals surface area contributed by atoms with Crippen molar-refractivity contribution >= 4 is 18.3 Å². The van der Waals surface area contributed by atoms with Crippen molar-refractivity contribution in [3.05, 3.63) is 0 Å². The zero-order chi connectivity index (χ0) is 10.9. The van der Waals surface area contributed by atoms with E-state index in [4.69, 9.17) is 5.73 Å². The lowest BCUT2D eigenvalue weighted by Crippen LogP contribution is -2.62. The first-order valence-corrected chi connectivity index (χ1v) is 6.22. The van der Waals surface area contributed by atoms with Crippen molar-refractivity contribution in [1.29, 1.82) is 0 Å². The fourth-order valence-corrected chi connectivity index (χ4v) is 3.15. The van der Waals surface area contributed by atoms with E-state index in [0.29, 0.717) is 5.54 Å². The molecular weight excluding hydrogens is 224 g/mol. The molecule has 16 heavy (non-hydrogen) atoms. The molecule has 2 aliphatic rings. The Kier molecular flexibility index (Phi) is 4.62. The molecular formula is C12H23ClN2O. The molecule has 2 N–H and O–H groups in total. The maximum atomic E-state index is 11.0. The fourth-order valence-electron chi connectivity index (χ4n) is 3.15. The molecule has 1 heterocycles. The van der Waals surface area contributed by atoms with Gasteiger partial charge in [0.05, 0.1) is 5.92 Å². The molecule has 0 aromatic heterocycles. The summed E-state index contributed by atoms with van der Waals surface area (Å²) < 4.78 is 0. The number of nitrogens with two attached hydrogens (primary N) is 1. The second-order valence-corrected chi connectivity index (χ2v) is 5.14. The smallest absolute Gasteiger partial charge is 0.223 e. The van der Waals surface area contributed by atoms with Gasteiger partial charge in [0.1, 0.15) is 0 Å². The van der Waals surface area contributed by atoms with Crippen molar-refractivity contribution in [2.24, 2.45) is 11.7 Å². The van der Waals surface area contributed by atoms with Crippen LogP contribution in [0.25, 0.3) is 0 Å². The summed E-state index contributed by atoms with van der Waals surface area (Å²) in [6.07, 6.45) is 7.94. The number of carbonyl (C=O) groups is 1. The largest absolute Gasteiger partial charge is 0.369 e. The summed E-state index contributed by atoms with van der Waals surface area (Å²) in [6, 6.07) is 0. The Labute approximate surface area is 104 Å². The maximum Gasteiger partial charge on any atom is 0.223 e. The third-order valence-corrected chi connectivity index (χ3v) is 4.40. The first-order valence-electron chi connectivity index (χ1n) is 6.22. The maximum absolute atomic E-state index is 11.0. The molecule has 1 saturated heterocycles. The molecule has 0 aromatic rings. The standard InChI is InChI=1S/C12H22N2O.ClH/c1-2-12(6-4-3-5-7-12)14-8-10(9-14)11(13)15;/h10H,2-9H2,1H3,(H2,13,15);1H.